The Morgan fingerprint density at radius 3 is 2.62 bits per heavy atom. The number of piperidine rings is 1. The Hall–Kier alpha value is -2.96. The average Bonchev–Trinajstić information content (AvgIpc) is 3.06. The van der Waals surface area contributed by atoms with Crippen molar-refractivity contribution in [1.29, 1.82) is 5.26 Å². The minimum atomic E-state index is -4.78. The first-order chi connectivity index (χ1) is 12.3. The molecule has 1 aliphatic heterocycles. The van der Waals surface area contributed by atoms with E-state index in [-0.39, 0.29) is 24.6 Å². The van der Waals surface area contributed by atoms with Crippen molar-refractivity contribution in [2.75, 3.05) is 13.1 Å². The van der Waals surface area contributed by atoms with Gasteiger partial charge in [-0.2, -0.15) is 23.4 Å². The van der Waals surface area contributed by atoms with E-state index in [2.05, 4.69) is 15.1 Å². The zero-order valence-electron chi connectivity index (χ0n) is 13.7. The number of rotatable bonds is 2. The molecule has 0 spiro atoms. The number of carbonyl (C=O) groups is 1. The minimum absolute atomic E-state index is 0.0119. The number of aromatic nitrogens is 3. The van der Waals surface area contributed by atoms with Crippen LogP contribution in [0.25, 0.3) is 0 Å². The van der Waals surface area contributed by atoms with E-state index in [1.54, 1.807) is 13.0 Å². The van der Waals surface area contributed by atoms with Gasteiger partial charge >= 0.3 is 6.18 Å². The second-order valence-corrected chi connectivity index (χ2v) is 5.97. The van der Waals surface area contributed by atoms with E-state index in [1.807, 2.05) is 0 Å². The summed E-state index contributed by atoms with van der Waals surface area (Å²) >= 11 is 0. The van der Waals surface area contributed by atoms with Crippen LogP contribution in [0, 0.1) is 18.3 Å². The molecule has 136 valence electrons. The second-order valence-electron chi connectivity index (χ2n) is 5.97. The van der Waals surface area contributed by atoms with Crippen LogP contribution in [0.4, 0.5) is 13.2 Å². The third kappa shape index (κ3) is 3.51. The van der Waals surface area contributed by atoms with Gasteiger partial charge in [-0.25, -0.2) is 4.98 Å². The van der Waals surface area contributed by atoms with Crippen LogP contribution < -0.4 is 0 Å². The van der Waals surface area contributed by atoms with Gasteiger partial charge in [0, 0.05) is 32.1 Å². The number of pyridine rings is 1. The molecule has 3 heterocycles. The maximum Gasteiger partial charge on any atom is 0.434 e. The van der Waals surface area contributed by atoms with E-state index in [4.69, 9.17) is 9.78 Å². The monoisotopic (exact) mass is 365 g/mol. The molecule has 10 heteroatoms. The van der Waals surface area contributed by atoms with Crippen molar-refractivity contribution in [3.63, 3.8) is 0 Å². The highest BCUT2D eigenvalue weighted by Crippen LogP contribution is 2.32. The molecule has 0 saturated carbocycles. The molecule has 2 aromatic rings. The third-order valence-corrected chi connectivity index (χ3v) is 4.21. The maximum atomic E-state index is 13.2. The molecule has 1 amide bonds. The number of aryl methyl sites for hydroxylation is 1. The lowest BCUT2D eigenvalue weighted by Crippen LogP contribution is -2.39. The summed E-state index contributed by atoms with van der Waals surface area (Å²) < 4.78 is 44.4. The molecule has 3 rings (SSSR count). The number of alkyl halides is 3. The molecule has 0 radical (unpaired) electrons. The molecule has 2 aromatic heterocycles. The SMILES string of the molecule is Cc1nc(C2CCN(C(=O)c3cc(C#N)cnc3C(F)(F)F)CC2)no1. The highest BCUT2D eigenvalue weighted by atomic mass is 19.4. The molecule has 0 bridgehead atoms. The van der Waals surface area contributed by atoms with E-state index < -0.39 is 23.3 Å². The summed E-state index contributed by atoms with van der Waals surface area (Å²) in [6.07, 6.45) is -2.95. The summed E-state index contributed by atoms with van der Waals surface area (Å²) in [5.41, 5.74) is -1.98. The van der Waals surface area contributed by atoms with Gasteiger partial charge in [0.25, 0.3) is 5.91 Å². The summed E-state index contributed by atoms with van der Waals surface area (Å²) in [5, 5.41) is 12.7. The van der Waals surface area contributed by atoms with Gasteiger partial charge in [0.15, 0.2) is 11.5 Å². The molecule has 1 aliphatic rings. The third-order valence-electron chi connectivity index (χ3n) is 4.21. The van der Waals surface area contributed by atoms with Crippen molar-refractivity contribution in [2.24, 2.45) is 0 Å². The Labute approximate surface area is 146 Å². The topological polar surface area (TPSA) is 95.9 Å². The van der Waals surface area contributed by atoms with E-state index >= 15 is 0 Å². The number of likely N-dealkylation sites (tertiary alicyclic amines) is 1. The lowest BCUT2D eigenvalue weighted by Gasteiger charge is -2.31. The van der Waals surface area contributed by atoms with Crippen molar-refractivity contribution in [3.05, 3.63) is 40.8 Å². The van der Waals surface area contributed by atoms with E-state index in [0.29, 0.717) is 24.6 Å². The number of amides is 1. The van der Waals surface area contributed by atoms with Gasteiger partial charge in [-0.3, -0.25) is 4.79 Å². The number of halogens is 3. The van der Waals surface area contributed by atoms with Crippen LogP contribution in [0.2, 0.25) is 0 Å². The molecule has 26 heavy (non-hydrogen) atoms. The van der Waals surface area contributed by atoms with Gasteiger partial charge in [-0.15, -0.1) is 0 Å². The van der Waals surface area contributed by atoms with Gasteiger partial charge in [0.1, 0.15) is 6.07 Å². The van der Waals surface area contributed by atoms with Crippen molar-refractivity contribution < 1.29 is 22.5 Å². The zero-order valence-corrected chi connectivity index (χ0v) is 13.7. The Balaban J connectivity index is 1.79. The van der Waals surface area contributed by atoms with Gasteiger partial charge in [-0.05, 0) is 18.9 Å². The van der Waals surface area contributed by atoms with Crippen LogP contribution in [0.1, 0.15) is 52.1 Å². The highest BCUT2D eigenvalue weighted by molar-refractivity contribution is 5.95. The first-order valence-corrected chi connectivity index (χ1v) is 7.86. The molecule has 1 saturated heterocycles. The van der Waals surface area contributed by atoms with E-state index in [0.717, 1.165) is 12.3 Å². The summed E-state index contributed by atoms with van der Waals surface area (Å²) in [5.74, 6) is 0.179. The van der Waals surface area contributed by atoms with Crippen LogP contribution in [0.3, 0.4) is 0 Å². The fourth-order valence-corrected chi connectivity index (χ4v) is 2.91. The zero-order chi connectivity index (χ0) is 18.9. The molecule has 1 fully saturated rings. The first-order valence-electron chi connectivity index (χ1n) is 7.86. The van der Waals surface area contributed by atoms with Crippen LogP contribution >= 0.6 is 0 Å². The number of nitriles is 1. The summed E-state index contributed by atoms with van der Waals surface area (Å²) in [6.45, 7) is 2.18. The quantitative estimate of drug-likeness (QED) is 0.812. The standard InChI is InChI=1S/C16H14F3N5O2/c1-9-22-14(23-26-9)11-2-4-24(5-3-11)15(25)12-6-10(7-20)8-21-13(12)16(17,18)19/h6,8,11H,2-5H2,1H3. The lowest BCUT2D eigenvalue weighted by atomic mass is 9.95. The predicted octanol–water partition coefficient (Wildman–Crippen LogP) is 2.68. The van der Waals surface area contributed by atoms with Gasteiger partial charge < -0.3 is 9.42 Å². The van der Waals surface area contributed by atoms with E-state index in [9.17, 15) is 18.0 Å². The lowest BCUT2D eigenvalue weighted by molar-refractivity contribution is -0.141. The first kappa shape index (κ1) is 17.8. The van der Waals surface area contributed by atoms with Crippen molar-refractivity contribution in [3.8, 4) is 6.07 Å². The largest absolute Gasteiger partial charge is 0.434 e. The molecule has 7 nitrogen and oxygen atoms in total. The summed E-state index contributed by atoms with van der Waals surface area (Å²) in [7, 11) is 0. The Morgan fingerprint density at radius 2 is 2.08 bits per heavy atom. The van der Waals surface area contributed by atoms with Gasteiger partial charge in [0.05, 0.1) is 11.1 Å². The average molecular weight is 365 g/mol. The number of nitrogens with zero attached hydrogens (tertiary/aromatic N) is 5. The maximum absolute atomic E-state index is 13.2. The van der Waals surface area contributed by atoms with E-state index in [1.165, 1.54) is 4.90 Å². The van der Waals surface area contributed by atoms with Crippen LogP contribution in [-0.4, -0.2) is 39.0 Å². The van der Waals surface area contributed by atoms with Gasteiger partial charge in [0.2, 0.25) is 5.89 Å². The van der Waals surface area contributed by atoms with Crippen LogP contribution in [0.15, 0.2) is 16.8 Å². The minimum Gasteiger partial charge on any atom is -0.340 e. The molecule has 0 atom stereocenters. The van der Waals surface area contributed by atoms with Crippen molar-refractivity contribution in [2.45, 2.75) is 31.9 Å². The predicted molar refractivity (Wildman–Crippen MR) is 80.9 cm³/mol. The van der Waals surface area contributed by atoms with Crippen molar-refractivity contribution >= 4 is 5.91 Å². The fraction of sp³-hybridized carbons (Fsp3) is 0.438. The molecular formula is C16H14F3N5O2. The summed E-state index contributed by atoms with van der Waals surface area (Å²) in [4.78, 5) is 21.4. The van der Waals surface area contributed by atoms with Crippen LogP contribution in [-0.2, 0) is 6.18 Å². The molecule has 0 unspecified atom stereocenters. The number of hydrogen-bond acceptors (Lipinski definition) is 6. The fourth-order valence-electron chi connectivity index (χ4n) is 2.91. The normalized spacial score (nSPS) is 15.7. The number of hydrogen-bond donors (Lipinski definition) is 0. The Kier molecular flexibility index (Phi) is 4.63. The molecule has 0 N–H and O–H groups in total. The molecule has 0 aliphatic carbocycles. The van der Waals surface area contributed by atoms with Gasteiger partial charge in [-0.1, -0.05) is 5.16 Å². The molecular weight excluding hydrogens is 351 g/mol. The number of carbonyl (C=O) groups excluding carboxylic acids is 1. The van der Waals surface area contributed by atoms with Crippen LogP contribution in [0.5, 0.6) is 0 Å². The summed E-state index contributed by atoms with van der Waals surface area (Å²) in [6, 6.07) is 2.64. The highest BCUT2D eigenvalue weighted by Gasteiger charge is 2.39. The smallest absolute Gasteiger partial charge is 0.340 e. The molecule has 0 aromatic carbocycles. The van der Waals surface area contributed by atoms with Crippen molar-refractivity contribution in [1.82, 2.24) is 20.0 Å². The Bertz CT molecular complexity index is 864. The second kappa shape index (κ2) is 6.74. The Morgan fingerprint density at radius 1 is 1.38 bits per heavy atom.